The zero-order chi connectivity index (χ0) is 15.9. The van der Waals surface area contributed by atoms with Crippen LogP contribution in [0.25, 0.3) is 0 Å². The van der Waals surface area contributed by atoms with Gasteiger partial charge in [0.25, 0.3) is 0 Å². The molecule has 1 amide bonds. The fraction of sp³-hybridized carbons (Fsp3) is 0.176. The smallest absolute Gasteiger partial charge is 0.338 e. The van der Waals surface area contributed by atoms with Gasteiger partial charge in [-0.25, -0.2) is 4.79 Å². The minimum atomic E-state index is -0.401. The van der Waals surface area contributed by atoms with Crippen molar-refractivity contribution in [3.8, 4) is 0 Å². The normalized spacial score (nSPS) is 10.1. The highest BCUT2D eigenvalue weighted by Crippen LogP contribution is 2.23. The molecular formula is C17H17NO3S. The molecular weight excluding hydrogens is 298 g/mol. The molecule has 2 aromatic rings. The maximum absolute atomic E-state index is 12.0. The van der Waals surface area contributed by atoms with Gasteiger partial charge in [0.2, 0.25) is 5.91 Å². The first-order valence-electron chi connectivity index (χ1n) is 6.77. The van der Waals surface area contributed by atoms with E-state index in [0.29, 0.717) is 5.56 Å². The Morgan fingerprint density at radius 3 is 2.50 bits per heavy atom. The summed E-state index contributed by atoms with van der Waals surface area (Å²) < 4.78 is 4.74. The van der Waals surface area contributed by atoms with Crippen LogP contribution in [-0.4, -0.2) is 24.7 Å². The maximum atomic E-state index is 12.0. The van der Waals surface area contributed by atoms with Crippen LogP contribution in [0.3, 0.4) is 0 Å². The first-order valence-corrected chi connectivity index (χ1v) is 7.76. The van der Waals surface area contributed by atoms with Gasteiger partial charge in [0.15, 0.2) is 0 Å². The Morgan fingerprint density at radius 2 is 1.77 bits per heavy atom. The van der Waals surface area contributed by atoms with Crippen LogP contribution in [0, 0.1) is 6.92 Å². The van der Waals surface area contributed by atoms with Gasteiger partial charge in [-0.05, 0) is 30.7 Å². The molecule has 0 fully saturated rings. The second kappa shape index (κ2) is 7.66. The third-order valence-electron chi connectivity index (χ3n) is 3.07. The highest BCUT2D eigenvalue weighted by atomic mass is 32.2. The molecule has 0 aromatic heterocycles. The van der Waals surface area contributed by atoms with E-state index in [1.807, 2.05) is 37.3 Å². The number of anilines is 1. The van der Waals surface area contributed by atoms with E-state index in [2.05, 4.69) is 5.32 Å². The third-order valence-corrected chi connectivity index (χ3v) is 4.14. The Morgan fingerprint density at radius 1 is 1.09 bits per heavy atom. The molecule has 0 atom stereocenters. The zero-order valence-electron chi connectivity index (χ0n) is 12.5. The molecule has 0 aliphatic heterocycles. The Kier molecular flexibility index (Phi) is 5.61. The molecule has 0 radical (unpaired) electrons. The number of para-hydroxylation sites is 1. The zero-order valence-corrected chi connectivity index (χ0v) is 13.3. The van der Waals surface area contributed by atoms with Crippen molar-refractivity contribution in [3.63, 3.8) is 0 Å². The molecule has 0 bridgehead atoms. The fourth-order valence-corrected chi connectivity index (χ4v) is 2.75. The summed E-state index contributed by atoms with van der Waals surface area (Å²) in [7, 11) is 1.34. The lowest BCUT2D eigenvalue weighted by Crippen LogP contribution is -2.15. The van der Waals surface area contributed by atoms with E-state index in [4.69, 9.17) is 4.74 Å². The monoisotopic (exact) mass is 315 g/mol. The third kappa shape index (κ3) is 4.11. The minimum Gasteiger partial charge on any atom is -0.465 e. The Labute approximate surface area is 133 Å². The lowest BCUT2D eigenvalue weighted by atomic mass is 10.2. The van der Waals surface area contributed by atoms with Gasteiger partial charge in [-0.1, -0.05) is 30.3 Å². The second-order valence-electron chi connectivity index (χ2n) is 4.64. The van der Waals surface area contributed by atoms with Gasteiger partial charge in [0.1, 0.15) is 0 Å². The number of benzene rings is 2. The van der Waals surface area contributed by atoms with Crippen LogP contribution >= 0.6 is 11.8 Å². The lowest BCUT2D eigenvalue weighted by Gasteiger charge is -2.09. The number of carbonyl (C=O) groups excluding carboxylic acids is 2. The fourth-order valence-electron chi connectivity index (χ4n) is 1.91. The van der Waals surface area contributed by atoms with Crippen molar-refractivity contribution in [2.45, 2.75) is 11.8 Å². The molecule has 0 saturated heterocycles. The van der Waals surface area contributed by atoms with E-state index >= 15 is 0 Å². The number of hydrogen-bond donors (Lipinski definition) is 1. The maximum Gasteiger partial charge on any atom is 0.338 e. The van der Waals surface area contributed by atoms with Crippen molar-refractivity contribution >= 4 is 29.3 Å². The lowest BCUT2D eigenvalue weighted by molar-refractivity contribution is -0.113. The van der Waals surface area contributed by atoms with Gasteiger partial charge < -0.3 is 10.1 Å². The van der Waals surface area contributed by atoms with Crippen LogP contribution in [0.2, 0.25) is 0 Å². The number of aryl methyl sites for hydroxylation is 1. The molecule has 0 saturated carbocycles. The molecule has 0 heterocycles. The quantitative estimate of drug-likeness (QED) is 0.677. The summed E-state index contributed by atoms with van der Waals surface area (Å²) in [6.07, 6.45) is 0. The van der Waals surface area contributed by atoms with Crippen LogP contribution in [0.4, 0.5) is 5.69 Å². The average molecular weight is 315 g/mol. The Bertz CT molecular complexity index is 685. The second-order valence-corrected chi connectivity index (χ2v) is 5.66. The van der Waals surface area contributed by atoms with Gasteiger partial charge in [0, 0.05) is 10.6 Å². The van der Waals surface area contributed by atoms with E-state index in [1.54, 1.807) is 18.2 Å². The molecule has 2 rings (SSSR count). The number of esters is 1. The van der Waals surface area contributed by atoms with E-state index in [1.165, 1.54) is 18.9 Å². The summed E-state index contributed by atoms with van der Waals surface area (Å²) in [5.41, 5.74) is 2.28. The SMILES string of the molecule is COC(=O)c1ccccc1SCC(=O)Nc1ccccc1C. The van der Waals surface area contributed by atoms with E-state index in [-0.39, 0.29) is 11.7 Å². The first kappa shape index (κ1) is 16.1. The molecule has 0 aliphatic carbocycles. The number of thioether (sulfide) groups is 1. The number of carbonyl (C=O) groups is 2. The van der Waals surface area contributed by atoms with Gasteiger partial charge in [-0.3, -0.25) is 4.79 Å². The summed E-state index contributed by atoms with van der Waals surface area (Å²) in [4.78, 5) is 24.4. The number of nitrogens with one attached hydrogen (secondary N) is 1. The van der Waals surface area contributed by atoms with Crippen molar-refractivity contribution in [2.24, 2.45) is 0 Å². The van der Waals surface area contributed by atoms with Gasteiger partial charge in [-0.15, -0.1) is 11.8 Å². The number of amides is 1. The molecule has 114 valence electrons. The van der Waals surface area contributed by atoms with Crippen molar-refractivity contribution < 1.29 is 14.3 Å². The van der Waals surface area contributed by atoms with Gasteiger partial charge in [-0.2, -0.15) is 0 Å². The van der Waals surface area contributed by atoms with Crippen LogP contribution < -0.4 is 5.32 Å². The van der Waals surface area contributed by atoms with Crippen molar-refractivity contribution in [1.29, 1.82) is 0 Å². The van der Waals surface area contributed by atoms with Crippen LogP contribution in [-0.2, 0) is 9.53 Å². The molecule has 1 N–H and O–H groups in total. The van der Waals surface area contributed by atoms with Gasteiger partial charge in [0.05, 0.1) is 18.4 Å². The first-order chi connectivity index (χ1) is 10.6. The molecule has 4 nitrogen and oxygen atoms in total. The highest BCUT2D eigenvalue weighted by Gasteiger charge is 2.13. The number of rotatable bonds is 5. The van der Waals surface area contributed by atoms with E-state index < -0.39 is 5.97 Å². The predicted molar refractivity (Wildman–Crippen MR) is 88.3 cm³/mol. The van der Waals surface area contributed by atoms with Crippen molar-refractivity contribution in [2.75, 3.05) is 18.2 Å². The minimum absolute atomic E-state index is 0.112. The summed E-state index contributed by atoms with van der Waals surface area (Å²) >= 11 is 1.31. The summed E-state index contributed by atoms with van der Waals surface area (Å²) in [6, 6.07) is 14.7. The number of methoxy groups -OCH3 is 1. The van der Waals surface area contributed by atoms with Crippen molar-refractivity contribution in [3.05, 3.63) is 59.7 Å². The van der Waals surface area contributed by atoms with Crippen molar-refractivity contribution in [1.82, 2.24) is 0 Å². The van der Waals surface area contributed by atoms with Gasteiger partial charge >= 0.3 is 5.97 Å². The van der Waals surface area contributed by atoms with E-state index in [9.17, 15) is 9.59 Å². The van der Waals surface area contributed by atoms with Crippen LogP contribution in [0.5, 0.6) is 0 Å². The summed E-state index contributed by atoms with van der Waals surface area (Å²) in [5.74, 6) is -0.288. The topological polar surface area (TPSA) is 55.4 Å². The van der Waals surface area contributed by atoms with Crippen LogP contribution in [0.15, 0.2) is 53.4 Å². The molecule has 22 heavy (non-hydrogen) atoms. The summed E-state index contributed by atoms with van der Waals surface area (Å²) in [6.45, 7) is 1.94. The Hall–Kier alpha value is -2.27. The molecule has 0 spiro atoms. The molecule has 0 aliphatic rings. The highest BCUT2D eigenvalue weighted by molar-refractivity contribution is 8.00. The molecule has 2 aromatic carbocycles. The largest absolute Gasteiger partial charge is 0.465 e. The number of ether oxygens (including phenoxy) is 1. The van der Waals surface area contributed by atoms with Crippen LogP contribution in [0.1, 0.15) is 15.9 Å². The average Bonchev–Trinajstić information content (AvgIpc) is 2.54. The number of hydrogen-bond acceptors (Lipinski definition) is 4. The molecule has 5 heteroatoms. The summed E-state index contributed by atoms with van der Waals surface area (Å²) in [5, 5.41) is 2.87. The molecule has 0 unspecified atom stereocenters. The predicted octanol–water partition coefficient (Wildman–Crippen LogP) is 3.51. The van der Waals surface area contributed by atoms with E-state index in [0.717, 1.165) is 16.1 Å². The Balaban J connectivity index is 2.00. The standard InChI is InChI=1S/C17H17NO3S/c1-12-7-3-5-9-14(12)18-16(19)11-22-15-10-6-4-8-13(15)17(20)21-2/h3-10H,11H2,1-2H3,(H,18,19).